The molecule has 0 aromatic heterocycles. The molecule has 2 saturated heterocycles. The number of amides is 4. The van der Waals surface area contributed by atoms with Crippen molar-refractivity contribution < 1.29 is 18.8 Å². The second-order valence-electron chi connectivity index (χ2n) is 6.28. The summed E-state index contributed by atoms with van der Waals surface area (Å²) in [5.74, 6) is -0.764. The Labute approximate surface area is 145 Å². The standard InChI is InChI=1S/C17H21FN4O3/c1-2-4-13-16(24)22-8-7-21(10-14(22)15(23)20-13)17(25)19-12-6-3-5-11(18)9-12/h3,5-6,9,13-14H,2,4,7-8,10H2,1H3,(H,19,25)(H,20,23)/t13-,14+/m0/s1. The molecule has 0 radical (unpaired) electrons. The smallest absolute Gasteiger partial charge is 0.321 e. The lowest BCUT2D eigenvalue weighted by Gasteiger charge is -2.45. The zero-order chi connectivity index (χ0) is 18.0. The fraction of sp³-hybridized carbons (Fsp3) is 0.471. The number of carbonyl (C=O) groups is 3. The number of benzene rings is 1. The number of rotatable bonds is 3. The Morgan fingerprint density at radius 2 is 2.16 bits per heavy atom. The predicted molar refractivity (Wildman–Crippen MR) is 89.3 cm³/mol. The van der Waals surface area contributed by atoms with Gasteiger partial charge in [-0.2, -0.15) is 0 Å². The van der Waals surface area contributed by atoms with Crippen molar-refractivity contribution in [3.05, 3.63) is 30.1 Å². The Morgan fingerprint density at radius 3 is 2.88 bits per heavy atom. The van der Waals surface area contributed by atoms with Crippen LogP contribution in [0.25, 0.3) is 0 Å². The number of hydrogen-bond donors (Lipinski definition) is 2. The highest BCUT2D eigenvalue weighted by Gasteiger charge is 2.43. The molecular formula is C17H21FN4O3. The highest BCUT2D eigenvalue weighted by atomic mass is 19.1. The molecule has 2 aliphatic rings. The van der Waals surface area contributed by atoms with Gasteiger partial charge in [0.1, 0.15) is 17.9 Å². The van der Waals surface area contributed by atoms with Crippen LogP contribution < -0.4 is 10.6 Å². The Kier molecular flexibility index (Phi) is 4.87. The third-order valence-corrected chi connectivity index (χ3v) is 4.52. The zero-order valence-electron chi connectivity index (χ0n) is 14.0. The average Bonchev–Trinajstić information content (AvgIpc) is 2.59. The molecule has 7 nitrogen and oxygen atoms in total. The van der Waals surface area contributed by atoms with Gasteiger partial charge in [0.2, 0.25) is 11.8 Å². The lowest BCUT2D eigenvalue weighted by Crippen LogP contribution is -2.69. The number of fused-ring (bicyclic) bond motifs is 1. The maximum atomic E-state index is 13.2. The summed E-state index contributed by atoms with van der Waals surface area (Å²) in [5.41, 5.74) is 0.347. The SMILES string of the molecule is CCC[C@@H]1NC(=O)[C@H]2CN(C(=O)Nc3cccc(F)c3)CCN2C1=O. The Balaban J connectivity index is 1.65. The van der Waals surface area contributed by atoms with Gasteiger partial charge < -0.3 is 20.4 Å². The monoisotopic (exact) mass is 348 g/mol. The molecule has 0 saturated carbocycles. The first-order chi connectivity index (χ1) is 12.0. The van der Waals surface area contributed by atoms with Gasteiger partial charge in [-0.25, -0.2) is 9.18 Å². The van der Waals surface area contributed by atoms with E-state index >= 15 is 0 Å². The van der Waals surface area contributed by atoms with Crippen LogP contribution in [-0.4, -0.2) is 59.4 Å². The summed E-state index contributed by atoms with van der Waals surface area (Å²) >= 11 is 0. The zero-order valence-corrected chi connectivity index (χ0v) is 14.0. The van der Waals surface area contributed by atoms with Gasteiger partial charge in [0.15, 0.2) is 0 Å². The Morgan fingerprint density at radius 1 is 1.36 bits per heavy atom. The minimum Gasteiger partial charge on any atom is -0.342 e. The molecule has 134 valence electrons. The van der Waals surface area contributed by atoms with Crippen molar-refractivity contribution in [2.45, 2.75) is 31.8 Å². The number of hydrogen-bond acceptors (Lipinski definition) is 3. The van der Waals surface area contributed by atoms with Crippen molar-refractivity contribution in [2.24, 2.45) is 0 Å². The van der Waals surface area contributed by atoms with Crippen molar-refractivity contribution in [1.82, 2.24) is 15.1 Å². The van der Waals surface area contributed by atoms with E-state index in [-0.39, 0.29) is 18.4 Å². The van der Waals surface area contributed by atoms with Crippen LogP contribution in [0.15, 0.2) is 24.3 Å². The summed E-state index contributed by atoms with van der Waals surface area (Å²) in [6.07, 6.45) is 1.41. The number of anilines is 1. The first kappa shape index (κ1) is 17.2. The predicted octanol–water partition coefficient (Wildman–Crippen LogP) is 1.17. The van der Waals surface area contributed by atoms with Gasteiger partial charge in [-0.3, -0.25) is 9.59 Å². The van der Waals surface area contributed by atoms with Crippen LogP contribution >= 0.6 is 0 Å². The second-order valence-corrected chi connectivity index (χ2v) is 6.28. The first-order valence-electron chi connectivity index (χ1n) is 8.42. The minimum atomic E-state index is -0.674. The Hall–Kier alpha value is -2.64. The van der Waals surface area contributed by atoms with E-state index in [0.29, 0.717) is 25.2 Å². The van der Waals surface area contributed by atoms with Crippen molar-refractivity contribution in [2.75, 3.05) is 25.0 Å². The molecule has 2 heterocycles. The van der Waals surface area contributed by atoms with Gasteiger partial charge in [0, 0.05) is 18.8 Å². The highest BCUT2D eigenvalue weighted by molar-refractivity contribution is 5.98. The molecule has 2 fully saturated rings. The third kappa shape index (κ3) is 3.57. The molecule has 0 aliphatic carbocycles. The maximum absolute atomic E-state index is 13.2. The van der Waals surface area contributed by atoms with Crippen molar-refractivity contribution in [3.63, 3.8) is 0 Å². The molecule has 8 heteroatoms. The quantitative estimate of drug-likeness (QED) is 0.860. The maximum Gasteiger partial charge on any atom is 0.321 e. The van der Waals surface area contributed by atoms with E-state index < -0.39 is 23.9 Å². The molecular weight excluding hydrogens is 327 g/mol. The first-order valence-corrected chi connectivity index (χ1v) is 8.42. The van der Waals surface area contributed by atoms with Crippen LogP contribution in [0.5, 0.6) is 0 Å². The number of halogens is 1. The van der Waals surface area contributed by atoms with E-state index in [1.54, 1.807) is 11.0 Å². The van der Waals surface area contributed by atoms with E-state index in [9.17, 15) is 18.8 Å². The van der Waals surface area contributed by atoms with Gasteiger partial charge in [0.05, 0.1) is 6.54 Å². The highest BCUT2D eigenvalue weighted by Crippen LogP contribution is 2.19. The summed E-state index contributed by atoms with van der Waals surface area (Å²) in [6.45, 7) is 2.72. The molecule has 2 aliphatic heterocycles. The van der Waals surface area contributed by atoms with Crippen molar-refractivity contribution >= 4 is 23.5 Å². The fourth-order valence-electron chi connectivity index (χ4n) is 3.24. The van der Waals surface area contributed by atoms with Gasteiger partial charge >= 0.3 is 6.03 Å². The van der Waals surface area contributed by atoms with E-state index in [0.717, 1.165) is 6.42 Å². The molecule has 4 amide bonds. The number of nitrogens with zero attached hydrogens (tertiary/aromatic N) is 2. The molecule has 1 aromatic carbocycles. The lowest BCUT2D eigenvalue weighted by atomic mass is 10.0. The average molecular weight is 348 g/mol. The summed E-state index contributed by atoms with van der Waals surface area (Å²) in [6, 6.07) is 4.04. The minimum absolute atomic E-state index is 0.0864. The van der Waals surface area contributed by atoms with Crippen LogP contribution in [0.4, 0.5) is 14.9 Å². The molecule has 3 rings (SSSR count). The second kappa shape index (κ2) is 7.08. The van der Waals surface area contributed by atoms with Crippen LogP contribution in [0, 0.1) is 5.82 Å². The molecule has 1 aromatic rings. The normalized spacial score (nSPS) is 23.1. The molecule has 25 heavy (non-hydrogen) atoms. The molecule has 0 bridgehead atoms. The van der Waals surface area contributed by atoms with Crippen LogP contribution in [0.2, 0.25) is 0 Å². The van der Waals surface area contributed by atoms with Crippen molar-refractivity contribution in [3.8, 4) is 0 Å². The van der Waals surface area contributed by atoms with Crippen LogP contribution in [0.1, 0.15) is 19.8 Å². The van der Waals surface area contributed by atoms with Crippen molar-refractivity contribution in [1.29, 1.82) is 0 Å². The van der Waals surface area contributed by atoms with E-state index in [1.807, 2.05) is 6.92 Å². The molecule has 2 N–H and O–H groups in total. The summed E-state index contributed by atoms with van der Waals surface area (Å²) in [5, 5.41) is 5.36. The number of nitrogens with one attached hydrogen (secondary N) is 2. The Bertz CT molecular complexity index is 696. The fourth-order valence-corrected chi connectivity index (χ4v) is 3.24. The summed E-state index contributed by atoms with van der Waals surface area (Å²) < 4.78 is 13.2. The summed E-state index contributed by atoms with van der Waals surface area (Å²) in [7, 11) is 0. The number of piperazine rings is 2. The number of urea groups is 1. The summed E-state index contributed by atoms with van der Waals surface area (Å²) in [4.78, 5) is 40.2. The van der Waals surface area contributed by atoms with E-state index in [2.05, 4.69) is 10.6 Å². The van der Waals surface area contributed by atoms with Crippen LogP contribution in [-0.2, 0) is 9.59 Å². The van der Waals surface area contributed by atoms with Gasteiger partial charge in [-0.15, -0.1) is 0 Å². The molecule has 0 unspecified atom stereocenters. The third-order valence-electron chi connectivity index (χ3n) is 4.52. The van der Waals surface area contributed by atoms with Gasteiger partial charge in [0.25, 0.3) is 0 Å². The molecule has 2 atom stereocenters. The van der Waals surface area contributed by atoms with Crippen LogP contribution in [0.3, 0.4) is 0 Å². The lowest BCUT2D eigenvalue weighted by molar-refractivity contribution is -0.152. The van der Waals surface area contributed by atoms with E-state index in [1.165, 1.54) is 23.1 Å². The number of carbonyl (C=O) groups excluding carboxylic acids is 3. The topological polar surface area (TPSA) is 81.8 Å². The molecule has 0 spiro atoms. The largest absolute Gasteiger partial charge is 0.342 e. The van der Waals surface area contributed by atoms with E-state index in [4.69, 9.17) is 0 Å². The van der Waals surface area contributed by atoms with Gasteiger partial charge in [-0.05, 0) is 24.6 Å². The van der Waals surface area contributed by atoms with Gasteiger partial charge in [-0.1, -0.05) is 19.4 Å².